The van der Waals surface area contributed by atoms with Gasteiger partial charge in [0.1, 0.15) is 0 Å². The Bertz CT molecular complexity index is 515. The maximum Gasteiger partial charge on any atom is 0.0540 e. The summed E-state index contributed by atoms with van der Waals surface area (Å²) in [5.74, 6) is 0. The molecule has 1 nitrogen and oxygen atoms in total. The average molecular weight is 663 g/mol. The van der Waals surface area contributed by atoms with Gasteiger partial charge >= 0.3 is 0 Å². The third-order valence-electron chi connectivity index (χ3n) is 11.0. The second-order valence-corrected chi connectivity index (χ2v) is 16.0. The molecule has 0 aliphatic carbocycles. The number of aliphatic hydroxyl groups excluding tert-OH is 1. The molecule has 0 amide bonds. The number of unbranched alkanes of at least 4 members (excludes halogenated alkanes) is 39. The van der Waals surface area contributed by atoms with Gasteiger partial charge in [0, 0.05) is 0 Å². The molecular weight excluding hydrogens is 569 g/mol. The first-order valence-corrected chi connectivity index (χ1v) is 23.0. The molecule has 0 aliphatic rings. The summed E-state index contributed by atoms with van der Waals surface area (Å²) in [4.78, 5) is 0. The quantitative estimate of drug-likeness (QED) is 0.0644. The lowest BCUT2D eigenvalue weighted by Gasteiger charge is -2.10. The summed E-state index contributed by atoms with van der Waals surface area (Å²) < 4.78 is 0. The zero-order valence-corrected chi connectivity index (χ0v) is 33.4. The van der Waals surface area contributed by atoms with E-state index < -0.39 is 0 Å². The predicted molar refractivity (Wildman–Crippen MR) is 216 cm³/mol. The predicted octanol–water partition coefficient (Wildman–Crippen LogP) is 17.2. The van der Waals surface area contributed by atoms with Gasteiger partial charge in [-0.05, 0) is 12.8 Å². The smallest absolute Gasteiger partial charge is 0.0540 e. The van der Waals surface area contributed by atoms with Gasteiger partial charge in [0.05, 0.1) is 6.10 Å². The summed E-state index contributed by atoms with van der Waals surface area (Å²) in [5.41, 5.74) is 0. The van der Waals surface area contributed by atoms with Gasteiger partial charge in [0.15, 0.2) is 0 Å². The molecule has 0 rings (SSSR count). The highest BCUT2D eigenvalue weighted by Gasteiger charge is 2.04. The highest BCUT2D eigenvalue weighted by Crippen LogP contribution is 2.18. The molecule has 0 saturated heterocycles. The van der Waals surface area contributed by atoms with Crippen LogP contribution in [0, 0.1) is 0 Å². The van der Waals surface area contributed by atoms with Gasteiger partial charge in [-0.2, -0.15) is 0 Å². The van der Waals surface area contributed by atoms with E-state index in [9.17, 15) is 5.11 Å². The van der Waals surface area contributed by atoms with E-state index in [1.54, 1.807) is 0 Å². The molecule has 1 N–H and O–H groups in total. The van der Waals surface area contributed by atoms with Crippen molar-refractivity contribution in [3.63, 3.8) is 0 Å². The maximum atomic E-state index is 10.3. The molecule has 0 fully saturated rings. The summed E-state index contributed by atoms with van der Waals surface area (Å²) in [6.07, 6.45) is 60.9. The average Bonchev–Trinajstić information content (AvgIpc) is 3.08. The number of aliphatic hydroxyl groups is 1. The minimum atomic E-state index is -0.0359. The Balaban J connectivity index is 3.13. The number of hydrogen-bond donors (Lipinski definition) is 1. The second kappa shape index (κ2) is 44.0. The summed E-state index contributed by atoms with van der Waals surface area (Å²) in [6.45, 7) is 4.61. The molecule has 0 heterocycles. The van der Waals surface area contributed by atoms with Gasteiger partial charge < -0.3 is 5.11 Å². The van der Waals surface area contributed by atoms with Crippen LogP contribution >= 0.6 is 0 Å². The Hall–Kier alpha value is -0.0400. The third kappa shape index (κ3) is 43.9. The van der Waals surface area contributed by atoms with Crippen molar-refractivity contribution in [1.29, 1.82) is 0 Å². The lowest BCUT2D eigenvalue weighted by Crippen LogP contribution is -2.05. The Labute approximate surface area is 300 Å². The normalized spacial score (nSPS) is 12.3. The Morgan fingerprint density at radius 1 is 0.213 bits per heavy atom. The van der Waals surface area contributed by atoms with E-state index in [0.717, 1.165) is 12.8 Å². The van der Waals surface area contributed by atoms with Gasteiger partial charge in [-0.25, -0.2) is 0 Å². The first-order valence-electron chi connectivity index (χ1n) is 23.0. The van der Waals surface area contributed by atoms with Crippen LogP contribution in [-0.2, 0) is 0 Å². The van der Waals surface area contributed by atoms with Crippen LogP contribution < -0.4 is 0 Å². The van der Waals surface area contributed by atoms with Crippen LogP contribution in [-0.4, -0.2) is 11.2 Å². The molecule has 1 heteroatoms. The first kappa shape index (κ1) is 47.0. The van der Waals surface area contributed by atoms with Crippen molar-refractivity contribution in [1.82, 2.24) is 0 Å². The summed E-state index contributed by atoms with van der Waals surface area (Å²) in [6, 6.07) is 0. The fraction of sp³-hybridized carbons (Fsp3) is 1.00. The van der Waals surface area contributed by atoms with Crippen LogP contribution in [0.5, 0.6) is 0 Å². The van der Waals surface area contributed by atoms with E-state index in [1.807, 2.05) is 0 Å². The molecule has 0 saturated carbocycles. The topological polar surface area (TPSA) is 20.2 Å². The van der Waals surface area contributed by atoms with Crippen LogP contribution in [0.25, 0.3) is 0 Å². The van der Waals surface area contributed by atoms with E-state index in [1.165, 1.54) is 263 Å². The van der Waals surface area contributed by atoms with E-state index in [2.05, 4.69) is 13.8 Å². The van der Waals surface area contributed by atoms with Crippen molar-refractivity contribution in [2.75, 3.05) is 0 Å². The molecule has 284 valence electrons. The van der Waals surface area contributed by atoms with E-state index >= 15 is 0 Å². The SMILES string of the molecule is CCCCCCCCCCCCCCCCCCCCCCCCCCC[C@H](O)CCCCCCCCCCCCCCCCCC. The zero-order valence-electron chi connectivity index (χ0n) is 33.4. The van der Waals surface area contributed by atoms with Gasteiger partial charge in [0.2, 0.25) is 0 Å². The largest absolute Gasteiger partial charge is 0.393 e. The van der Waals surface area contributed by atoms with Crippen molar-refractivity contribution in [3.8, 4) is 0 Å². The van der Waals surface area contributed by atoms with Gasteiger partial charge in [-0.1, -0.05) is 277 Å². The summed E-state index contributed by atoms with van der Waals surface area (Å²) >= 11 is 0. The number of hydrogen-bond acceptors (Lipinski definition) is 1. The van der Waals surface area contributed by atoms with E-state index in [0.29, 0.717) is 0 Å². The lowest BCUT2D eigenvalue weighted by molar-refractivity contribution is 0.147. The molecule has 1 atom stereocenters. The summed E-state index contributed by atoms with van der Waals surface area (Å²) in [7, 11) is 0. The van der Waals surface area contributed by atoms with E-state index in [4.69, 9.17) is 0 Å². The highest BCUT2D eigenvalue weighted by atomic mass is 16.3. The van der Waals surface area contributed by atoms with Crippen molar-refractivity contribution in [2.24, 2.45) is 0 Å². The van der Waals surface area contributed by atoms with Crippen molar-refractivity contribution < 1.29 is 5.11 Å². The van der Waals surface area contributed by atoms with Gasteiger partial charge in [0.25, 0.3) is 0 Å². The highest BCUT2D eigenvalue weighted by molar-refractivity contribution is 4.58. The molecule has 0 aromatic carbocycles. The minimum absolute atomic E-state index is 0.0359. The van der Waals surface area contributed by atoms with Crippen molar-refractivity contribution in [2.45, 2.75) is 296 Å². The van der Waals surface area contributed by atoms with Gasteiger partial charge in [-0.3, -0.25) is 0 Å². The van der Waals surface area contributed by atoms with Crippen molar-refractivity contribution in [3.05, 3.63) is 0 Å². The van der Waals surface area contributed by atoms with E-state index in [-0.39, 0.29) is 6.10 Å². The molecule has 0 aromatic heterocycles. The monoisotopic (exact) mass is 663 g/mol. The Morgan fingerprint density at radius 3 is 0.489 bits per heavy atom. The number of rotatable bonds is 43. The van der Waals surface area contributed by atoms with Crippen molar-refractivity contribution >= 4 is 0 Å². The molecule has 0 bridgehead atoms. The summed E-state index contributed by atoms with van der Waals surface area (Å²) in [5, 5.41) is 10.3. The standard InChI is InChI=1S/C46H94O/c1-3-5-7-9-11-13-15-17-19-21-22-23-24-25-26-27-28-29-31-33-35-37-39-41-43-45-46(47)44-42-40-38-36-34-32-30-20-18-16-14-12-10-8-6-4-2/h46-47H,3-45H2,1-2H3/t46-/m1/s1. The molecular formula is C46H94O. The molecule has 0 aliphatic heterocycles. The Morgan fingerprint density at radius 2 is 0.340 bits per heavy atom. The molecule has 0 unspecified atom stereocenters. The minimum Gasteiger partial charge on any atom is -0.393 e. The fourth-order valence-electron chi connectivity index (χ4n) is 7.59. The van der Waals surface area contributed by atoms with Crippen LogP contribution in [0.4, 0.5) is 0 Å². The zero-order chi connectivity index (χ0) is 34.0. The first-order chi connectivity index (χ1) is 23.3. The van der Waals surface area contributed by atoms with Crippen LogP contribution in [0.2, 0.25) is 0 Å². The Kier molecular flexibility index (Phi) is 43.9. The van der Waals surface area contributed by atoms with Gasteiger partial charge in [-0.15, -0.1) is 0 Å². The third-order valence-corrected chi connectivity index (χ3v) is 11.0. The fourth-order valence-corrected chi connectivity index (χ4v) is 7.59. The lowest BCUT2D eigenvalue weighted by atomic mass is 10.0. The molecule has 0 aromatic rings. The van der Waals surface area contributed by atoms with Crippen LogP contribution in [0.1, 0.15) is 290 Å². The maximum absolute atomic E-state index is 10.3. The molecule has 0 spiro atoms. The molecule has 47 heavy (non-hydrogen) atoms. The van der Waals surface area contributed by atoms with Crippen LogP contribution in [0.3, 0.4) is 0 Å². The molecule has 0 radical (unpaired) electrons. The second-order valence-electron chi connectivity index (χ2n) is 16.0. The van der Waals surface area contributed by atoms with Crippen LogP contribution in [0.15, 0.2) is 0 Å².